The summed E-state index contributed by atoms with van der Waals surface area (Å²) in [5, 5.41) is 4.32. The molecule has 1 aliphatic heterocycles. The summed E-state index contributed by atoms with van der Waals surface area (Å²) in [6.45, 7) is -0.178. The highest BCUT2D eigenvalue weighted by Crippen LogP contribution is 2.18. The number of alkyl halides is 2. The Balaban J connectivity index is 2.15. The van der Waals surface area contributed by atoms with Gasteiger partial charge in [-0.05, 0) is 25.0 Å². The number of sulfonamides is 1. The molecule has 2 rings (SSSR count). The van der Waals surface area contributed by atoms with E-state index in [1.807, 2.05) is 0 Å². The third kappa shape index (κ3) is 3.79. The summed E-state index contributed by atoms with van der Waals surface area (Å²) in [5.74, 6) is -0.450. The van der Waals surface area contributed by atoms with Crippen LogP contribution in [0.4, 0.5) is 8.78 Å². The summed E-state index contributed by atoms with van der Waals surface area (Å²) in [6.07, 6.45) is -0.244. The molecule has 1 aliphatic rings. The van der Waals surface area contributed by atoms with Gasteiger partial charge in [0.25, 0.3) is 12.3 Å². The maximum absolute atomic E-state index is 12.5. The molecule has 9 heteroatoms. The minimum absolute atomic E-state index is 0.00246. The lowest BCUT2D eigenvalue weighted by Gasteiger charge is -2.31. The number of aromatic nitrogens is 1. The minimum atomic E-state index is -3.71. The molecule has 1 saturated heterocycles. The molecule has 21 heavy (non-hydrogen) atoms. The number of amides is 1. The van der Waals surface area contributed by atoms with E-state index in [9.17, 15) is 22.0 Å². The number of primary sulfonamides is 1. The van der Waals surface area contributed by atoms with Crippen LogP contribution in [0.25, 0.3) is 0 Å². The number of likely N-dealkylation sites (tertiary alicyclic amines) is 1. The van der Waals surface area contributed by atoms with E-state index in [1.54, 1.807) is 0 Å². The molecule has 0 bridgehead atoms. The zero-order chi connectivity index (χ0) is 15.6. The van der Waals surface area contributed by atoms with Crippen molar-refractivity contribution in [1.29, 1.82) is 0 Å². The van der Waals surface area contributed by atoms with E-state index in [0.29, 0.717) is 19.4 Å². The molecule has 0 saturated carbocycles. The van der Waals surface area contributed by atoms with Crippen LogP contribution >= 0.6 is 0 Å². The topological polar surface area (TPSA) is 85.4 Å². The summed E-state index contributed by atoms with van der Waals surface area (Å²) in [7, 11) is -3.71. The van der Waals surface area contributed by atoms with Crippen molar-refractivity contribution in [3.63, 3.8) is 0 Å². The van der Waals surface area contributed by atoms with Crippen molar-refractivity contribution in [3.8, 4) is 0 Å². The van der Waals surface area contributed by atoms with Gasteiger partial charge in [-0.2, -0.15) is 0 Å². The number of nitrogens with zero attached hydrogens (tertiary/aromatic N) is 2. The molecule has 1 fully saturated rings. The van der Waals surface area contributed by atoms with Crippen LogP contribution in [-0.4, -0.2) is 48.6 Å². The number of hydrogen-bond acceptors (Lipinski definition) is 3. The molecule has 1 aromatic rings. The summed E-state index contributed by atoms with van der Waals surface area (Å²) in [4.78, 5) is 13.7. The fourth-order valence-corrected chi connectivity index (χ4v) is 3.35. The molecule has 2 N–H and O–H groups in total. The highest BCUT2D eigenvalue weighted by molar-refractivity contribution is 7.89. The second-order valence-corrected chi connectivity index (χ2v) is 6.89. The lowest BCUT2D eigenvalue weighted by molar-refractivity contribution is 0.0706. The molecular formula is C12H17F2N3O3S. The number of piperidine rings is 1. The molecule has 0 aliphatic carbocycles. The Labute approximate surface area is 121 Å². The molecule has 0 spiro atoms. The molecule has 1 amide bonds. The number of rotatable bonds is 4. The van der Waals surface area contributed by atoms with Gasteiger partial charge >= 0.3 is 0 Å². The normalized spacial score (nSPS) is 20.0. The Morgan fingerprint density at radius 2 is 2.19 bits per heavy atom. The first-order chi connectivity index (χ1) is 9.79. The molecule has 118 valence electrons. The molecular weight excluding hydrogens is 304 g/mol. The van der Waals surface area contributed by atoms with Crippen molar-refractivity contribution in [2.75, 3.05) is 13.1 Å². The van der Waals surface area contributed by atoms with Crippen LogP contribution in [0, 0.1) is 0 Å². The quantitative estimate of drug-likeness (QED) is 0.883. The molecule has 1 aromatic heterocycles. The third-order valence-corrected chi connectivity index (χ3v) is 4.83. The standard InChI is InChI=1S/C12H17F2N3O3S/c13-11(14)8-16-5-2-4-10(16)12(18)17-6-1-3-9(7-17)21(15,19)20/h2,4-5,9,11H,1,3,6-8H2,(H2,15,19,20). The van der Waals surface area contributed by atoms with Crippen LogP contribution in [0.15, 0.2) is 18.3 Å². The van der Waals surface area contributed by atoms with Crippen LogP contribution in [0.3, 0.4) is 0 Å². The first-order valence-corrected chi connectivity index (χ1v) is 8.14. The summed E-state index contributed by atoms with van der Waals surface area (Å²) in [6, 6.07) is 2.96. The lowest BCUT2D eigenvalue weighted by Crippen LogP contribution is -2.47. The Kier molecular flexibility index (Phi) is 4.62. The molecule has 6 nitrogen and oxygen atoms in total. The van der Waals surface area contributed by atoms with Crippen LogP contribution < -0.4 is 5.14 Å². The number of carbonyl (C=O) groups excluding carboxylic acids is 1. The predicted octanol–water partition coefficient (Wildman–Crippen LogP) is 0.646. The van der Waals surface area contributed by atoms with Crippen molar-refractivity contribution in [1.82, 2.24) is 9.47 Å². The van der Waals surface area contributed by atoms with Crippen molar-refractivity contribution in [3.05, 3.63) is 24.0 Å². The van der Waals surface area contributed by atoms with E-state index in [2.05, 4.69) is 0 Å². The van der Waals surface area contributed by atoms with E-state index >= 15 is 0 Å². The van der Waals surface area contributed by atoms with Crippen LogP contribution in [0.2, 0.25) is 0 Å². The number of nitrogens with two attached hydrogens (primary N) is 1. The maximum atomic E-state index is 12.5. The van der Waals surface area contributed by atoms with Gasteiger partial charge in [0, 0.05) is 19.3 Å². The van der Waals surface area contributed by atoms with Gasteiger partial charge in [-0.25, -0.2) is 22.3 Å². The van der Waals surface area contributed by atoms with Crippen molar-refractivity contribution < 1.29 is 22.0 Å². The monoisotopic (exact) mass is 321 g/mol. The molecule has 0 aromatic carbocycles. The van der Waals surface area contributed by atoms with E-state index < -0.39 is 34.2 Å². The number of hydrogen-bond donors (Lipinski definition) is 1. The molecule has 1 atom stereocenters. The zero-order valence-electron chi connectivity index (χ0n) is 11.3. The highest BCUT2D eigenvalue weighted by atomic mass is 32.2. The smallest absolute Gasteiger partial charge is 0.270 e. The molecule has 2 heterocycles. The Morgan fingerprint density at radius 1 is 1.48 bits per heavy atom. The van der Waals surface area contributed by atoms with Crippen LogP contribution in [0.1, 0.15) is 23.3 Å². The summed E-state index contributed by atoms with van der Waals surface area (Å²) >= 11 is 0. The maximum Gasteiger partial charge on any atom is 0.270 e. The van der Waals surface area contributed by atoms with Gasteiger partial charge in [0.05, 0.1) is 11.8 Å². The first kappa shape index (κ1) is 15.9. The van der Waals surface area contributed by atoms with Crippen molar-refractivity contribution in [2.24, 2.45) is 5.14 Å². The zero-order valence-corrected chi connectivity index (χ0v) is 12.1. The second kappa shape index (κ2) is 6.10. The fraction of sp³-hybridized carbons (Fsp3) is 0.583. The molecule has 0 radical (unpaired) electrons. The van der Waals surface area contributed by atoms with Gasteiger partial charge in [0.2, 0.25) is 10.0 Å². The number of halogens is 2. The number of carbonyl (C=O) groups is 1. The average Bonchev–Trinajstić information content (AvgIpc) is 2.84. The average molecular weight is 321 g/mol. The SMILES string of the molecule is NS(=O)(=O)C1CCCN(C(=O)c2cccn2CC(F)F)C1. The van der Waals surface area contributed by atoms with Gasteiger partial charge in [-0.3, -0.25) is 4.79 Å². The first-order valence-electron chi connectivity index (χ1n) is 6.53. The minimum Gasteiger partial charge on any atom is -0.338 e. The van der Waals surface area contributed by atoms with Gasteiger partial charge in [0.1, 0.15) is 5.69 Å². The van der Waals surface area contributed by atoms with E-state index in [4.69, 9.17) is 5.14 Å². The van der Waals surface area contributed by atoms with E-state index in [-0.39, 0.29) is 12.2 Å². The van der Waals surface area contributed by atoms with Gasteiger partial charge in [0.15, 0.2) is 0 Å². The highest BCUT2D eigenvalue weighted by Gasteiger charge is 2.31. The largest absolute Gasteiger partial charge is 0.338 e. The Morgan fingerprint density at radius 3 is 2.81 bits per heavy atom. The van der Waals surface area contributed by atoms with Crippen LogP contribution in [0.5, 0.6) is 0 Å². The second-order valence-electron chi connectivity index (χ2n) is 5.04. The van der Waals surface area contributed by atoms with Crippen molar-refractivity contribution >= 4 is 15.9 Å². The summed E-state index contributed by atoms with van der Waals surface area (Å²) in [5.41, 5.74) is 0.130. The Bertz CT molecular complexity index is 615. The van der Waals surface area contributed by atoms with Gasteiger partial charge in [-0.1, -0.05) is 0 Å². The van der Waals surface area contributed by atoms with Crippen LogP contribution in [-0.2, 0) is 16.6 Å². The fourth-order valence-electron chi connectivity index (χ4n) is 2.47. The third-order valence-electron chi connectivity index (χ3n) is 3.51. The predicted molar refractivity (Wildman–Crippen MR) is 72.5 cm³/mol. The summed E-state index contributed by atoms with van der Waals surface area (Å²) < 4.78 is 48.9. The van der Waals surface area contributed by atoms with Crippen molar-refractivity contribution in [2.45, 2.75) is 31.1 Å². The lowest BCUT2D eigenvalue weighted by atomic mass is 10.1. The van der Waals surface area contributed by atoms with Gasteiger partial charge in [-0.15, -0.1) is 0 Å². The van der Waals surface area contributed by atoms with Gasteiger partial charge < -0.3 is 9.47 Å². The Hall–Kier alpha value is -1.48. The van der Waals surface area contributed by atoms with E-state index in [0.717, 1.165) is 0 Å². The van der Waals surface area contributed by atoms with E-state index in [1.165, 1.54) is 27.8 Å². The molecule has 1 unspecified atom stereocenters.